The summed E-state index contributed by atoms with van der Waals surface area (Å²) in [4.78, 5) is 22.8. The summed E-state index contributed by atoms with van der Waals surface area (Å²) in [5.74, 6) is -1.08. The van der Waals surface area contributed by atoms with Crippen molar-refractivity contribution in [2.75, 3.05) is 6.61 Å². The van der Waals surface area contributed by atoms with Gasteiger partial charge in [-0.05, 0) is 12.1 Å². The van der Waals surface area contributed by atoms with Crippen molar-refractivity contribution in [1.29, 1.82) is 0 Å². The van der Waals surface area contributed by atoms with Crippen LogP contribution in [0.25, 0.3) is 0 Å². The summed E-state index contributed by atoms with van der Waals surface area (Å²) >= 11 is 0. The first-order valence-electron chi connectivity index (χ1n) is 5.04. The van der Waals surface area contributed by atoms with Gasteiger partial charge >= 0.3 is 5.97 Å². The molecule has 2 N–H and O–H groups in total. The van der Waals surface area contributed by atoms with Gasteiger partial charge in [0.2, 0.25) is 0 Å². The average Bonchev–Trinajstić information content (AvgIpc) is 2.61. The maximum atomic E-state index is 11.8. The molecule has 1 heterocycles. The highest BCUT2D eigenvalue weighted by atomic mass is 16.5. The summed E-state index contributed by atoms with van der Waals surface area (Å²) in [7, 11) is 0. The van der Waals surface area contributed by atoms with Crippen molar-refractivity contribution in [2.24, 2.45) is 0 Å². The van der Waals surface area contributed by atoms with Crippen LogP contribution >= 0.6 is 0 Å². The second-order valence-corrected chi connectivity index (χ2v) is 3.67. The fourth-order valence-electron chi connectivity index (χ4n) is 1.52. The molecule has 88 valence electrons. The lowest BCUT2D eigenvalue weighted by Crippen LogP contribution is -2.36. The molecule has 17 heavy (non-hydrogen) atoms. The van der Waals surface area contributed by atoms with Gasteiger partial charge in [0.15, 0.2) is 0 Å². The number of ether oxygens (including phenoxy) is 1. The largest absolute Gasteiger partial charge is 0.507 e. The average molecular weight is 233 g/mol. The molecule has 0 aromatic heterocycles. The first-order valence-corrected chi connectivity index (χ1v) is 5.04. The highest BCUT2D eigenvalue weighted by Crippen LogP contribution is 2.17. The molecule has 1 unspecified atom stereocenters. The Morgan fingerprint density at radius 2 is 2.18 bits per heavy atom. The lowest BCUT2D eigenvalue weighted by atomic mass is 10.1. The number of nitrogens with one attached hydrogen (secondary N) is 1. The number of esters is 1. The number of phenols is 1. The minimum absolute atomic E-state index is 0.0804. The van der Waals surface area contributed by atoms with E-state index in [0.29, 0.717) is 0 Å². The summed E-state index contributed by atoms with van der Waals surface area (Å²) in [5.41, 5.74) is 0.369. The second-order valence-electron chi connectivity index (χ2n) is 3.67. The molecule has 0 bridgehead atoms. The molecule has 0 radical (unpaired) electrons. The normalized spacial score (nSPS) is 18.9. The number of carbonyl (C=O) groups is 2. The molecule has 1 aromatic carbocycles. The summed E-state index contributed by atoms with van der Waals surface area (Å²) in [6, 6.07) is 5.63. The van der Waals surface area contributed by atoms with Crippen molar-refractivity contribution in [3.05, 3.63) is 42.0 Å². The molecular formula is C12H11NO4. The molecule has 5 nitrogen and oxygen atoms in total. The highest BCUT2D eigenvalue weighted by molar-refractivity contribution is 5.99. The van der Waals surface area contributed by atoms with E-state index in [2.05, 4.69) is 11.9 Å². The van der Waals surface area contributed by atoms with Gasteiger partial charge < -0.3 is 15.2 Å². The molecule has 0 aliphatic carbocycles. The van der Waals surface area contributed by atoms with Crippen molar-refractivity contribution in [2.45, 2.75) is 6.04 Å². The number of carbonyl (C=O) groups excluding carboxylic acids is 2. The monoisotopic (exact) mass is 233 g/mol. The molecule has 1 fully saturated rings. The van der Waals surface area contributed by atoms with Crippen molar-refractivity contribution in [1.82, 2.24) is 5.32 Å². The minimum atomic E-state index is -0.533. The summed E-state index contributed by atoms with van der Waals surface area (Å²) in [6.07, 6.45) is 0. The molecule has 1 aliphatic rings. The van der Waals surface area contributed by atoms with Crippen LogP contribution in [-0.4, -0.2) is 29.6 Å². The fraction of sp³-hybridized carbons (Fsp3) is 0.167. The van der Waals surface area contributed by atoms with Crippen LogP contribution in [0.2, 0.25) is 0 Å². The number of cyclic esters (lactones) is 1. The third kappa shape index (κ3) is 2.13. The topological polar surface area (TPSA) is 75.6 Å². The van der Waals surface area contributed by atoms with Crippen molar-refractivity contribution < 1.29 is 19.4 Å². The van der Waals surface area contributed by atoms with Crippen LogP contribution in [0, 0.1) is 0 Å². The molecule has 1 atom stereocenters. The SMILES string of the molecule is C=C1C(=O)OCC1NC(=O)c1ccccc1O. The van der Waals surface area contributed by atoms with E-state index >= 15 is 0 Å². The maximum absolute atomic E-state index is 11.8. The molecule has 1 aromatic rings. The standard InChI is InChI=1S/C12H11NO4/c1-7-9(6-17-12(7)16)13-11(15)8-4-2-3-5-10(8)14/h2-5,9,14H,1,6H2,(H,13,15). The van der Waals surface area contributed by atoms with Crippen LogP contribution in [0.3, 0.4) is 0 Å². The zero-order valence-corrected chi connectivity index (χ0v) is 8.97. The van der Waals surface area contributed by atoms with Gasteiger partial charge in [0.25, 0.3) is 5.91 Å². The van der Waals surface area contributed by atoms with E-state index in [1.807, 2.05) is 0 Å². The van der Waals surface area contributed by atoms with Crippen LogP contribution in [0.4, 0.5) is 0 Å². The lowest BCUT2D eigenvalue weighted by Gasteiger charge is -2.11. The maximum Gasteiger partial charge on any atom is 0.335 e. The number of benzene rings is 1. The zero-order chi connectivity index (χ0) is 12.4. The number of rotatable bonds is 2. The number of phenolic OH excluding ortho intramolecular Hbond substituents is 1. The van der Waals surface area contributed by atoms with E-state index in [0.717, 1.165) is 0 Å². The Hall–Kier alpha value is -2.30. The molecule has 0 spiro atoms. The van der Waals surface area contributed by atoms with Gasteiger partial charge in [-0.25, -0.2) is 4.79 Å². The zero-order valence-electron chi connectivity index (χ0n) is 8.97. The Morgan fingerprint density at radius 1 is 1.47 bits per heavy atom. The first kappa shape index (κ1) is 11.2. The van der Waals surface area contributed by atoms with Gasteiger partial charge in [0.05, 0.1) is 17.2 Å². The number of hydrogen-bond donors (Lipinski definition) is 2. The number of amides is 1. The predicted octanol–water partition coefficient (Wildman–Crippen LogP) is 0.604. The quantitative estimate of drug-likeness (QED) is 0.579. The molecule has 5 heteroatoms. The van der Waals surface area contributed by atoms with Gasteiger partial charge in [-0.3, -0.25) is 4.79 Å². The van der Waals surface area contributed by atoms with E-state index in [1.54, 1.807) is 12.1 Å². The van der Waals surface area contributed by atoms with Gasteiger partial charge in [0.1, 0.15) is 12.4 Å². The summed E-state index contributed by atoms with van der Waals surface area (Å²) < 4.78 is 4.73. The molecular weight excluding hydrogens is 222 g/mol. The number of para-hydroxylation sites is 1. The lowest BCUT2D eigenvalue weighted by molar-refractivity contribution is -0.135. The number of hydrogen-bond acceptors (Lipinski definition) is 4. The van der Waals surface area contributed by atoms with Crippen LogP contribution in [0.1, 0.15) is 10.4 Å². The van der Waals surface area contributed by atoms with Crippen LogP contribution in [0.15, 0.2) is 36.4 Å². The van der Waals surface area contributed by atoms with Crippen LogP contribution < -0.4 is 5.32 Å². The second kappa shape index (κ2) is 4.29. The molecule has 1 amide bonds. The third-order valence-electron chi connectivity index (χ3n) is 2.52. The summed E-state index contributed by atoms with van der Waals surface area (Å²) in [6.45, 7) is 3.61. The highest BCUT2D eigenvalue weighted by Gasteiger charge is 2.30. The van der Waals surface area contributed by atoms with Crippen molar-refractivity contribution in [3.8, 4) is 5.75 Å². The van der Waals surface area contributed by atoms with Crippen molar-refractivity contribution in [3.63, 3.8) is 0 Å². The Labute approximate surface area is 97.7 Å². The van der Waals surface area contributed by atoms with Crippen LogP contribution in [-0.2, 0) is 9.53 Å². The molecule has 2 rings (SSSR count). The molecule has 1 saturated heterocycles. The first-order chi connectivity index (χ1) is 8.09. The number of aromatic hydroxyl groups is 1. The van der Waals surface area contributed by atoms with Gasteiger partial charge in [-0.15, -0.1) is 0 Å². The molecule has 0 saturated carbocycles. The molecule has 1 aliphatic heterocycles. The van der Waals surface area contributed by atoms with E-state index in [1.165, 1.54) is 12.1 Å². The van der Waals surface area contributed by atoms with Gasteiger partial charge in [-0.2, -0.15) is 0 Å². The van der Waals surface area contributed by atoms with E-state index < -0.39 is 17.9 Å². The van der Waals surface area contributed by atoms with E-state index in [4.69, 9.17) is 4.74 Å². The minimum Gasteiger partial charge on any atom is -0.507 e. The van der Waals surface area contributed by atoms with E-state index in [-0.39, 0.29) is 23.5 Å². The summed E-state index contributed by atoms with van der Waals surface area (Å²) in [5, 5.41) is 12.1. The van der Waals surface area contributed by atoms with Gasteiger partial charge in [0, 0.05) is 0 Å². The predicted molar refractivity (Wildman–Crippen MR) is 59.5 cm³/mol. The van der Waals surface area contributed by atoms with E-state index in [9.17, 15) is 14.7 Å². The fourth-order valence-corrected chi connectivity index (χ4v) is 1.52. The Morgan fingerprint density at radius 3 is 2.76 bits per heavy atom. The Bertz CT molecular complexity index is 495. The Kier molecular flexibility index (Phi) is 2.82. The third-order valence-corrected chi connectivity index (χ3v) is 2.52. The smallest absolute Gasteiger partial charge is 0.335 e. The Balaban J connectivity index is 2.11. The van der Waals surface area contributed by atoms with Crippen molar-refractivity contribution >= 4 is 11.9 Å². The van der Waals surface area contributed by atoms with Gasteiger partial charge in [-0.1, -0.05) is 18.7 Å². The van der Waals surface area contributed by atoms with Crippen LogP contribution in [0.5, 0.6) is 5.75 Å².